The molecule has 0 radical (unpaired) electrons. The van der Waals surface area contributed by atoms with Crippen LogP contribution in [0.5, 0.6) is 0 Å². The van der Waals surface area contributed by atoms with Crippen LogP contribution in [0.25, 0.3) is 17.1 Å². The summed E-state index contributed by atoms with van der Waals surface area (Å²) >= 11 is 0. The number of benzene rings is 2. The Hall–Kier alpha value is -3.95. The van der Waals surface area contributed by atoms with Crippen LogP contribution in [0, 0.1) is 5.82 Å². The van der Waals surface area contributed by atoms with Gasteiger partial charge in [0.15, 0.2) is 5.82 Å². The second kappa shape index (κ2) is 8.05. The number of rotatable bonds is 4. The second-order valence-corrected chi connectivity index (χ2v) is 7.32. The zero-order chi connectivity index (χ0) is 21.2. The van der Waals surface area contributed by atoms with Gasteiger partial charge in [0, 0.05) is 18.7 Å². The number of halogens is 1. The summed E-state index contributed by atoms with van der Waals surface area (Å²) < 4.78 is 18.1. The van der Waals surface area contributed by atoms with Gasteiger partial charge < -0.3 is 9.88 Å². The van der Waals surface area contributed by atoms with Crippen LogP contribution in [0.15, 0.2) is 48.8 Å². The first-order chi connectivity index (χ1) is 15.2. The fourth-order valence-electron chi connectivity index (χ4n) is 3.79. The highest BCUT2D eigenvalue weighted by atomic mass is 19.1. The molecule has 156 valence electrons. The van der Waals surface area contributed by atoms with Gasteiger partial charge >= 0.3 is 0 Å². The molecule has 31 heavy (non-hydrogen) atoms. The number of nitrogens with zero attached hydrogens (tertiary/aromatic N) is 7. The SMILES string of the molecule is O=C(Nc1ccc(F)c(-c2nnc3n2CCCCC3)c1)c1ccccc1-n1cnnn1. The van der Waals surface area contributed by atoms with Gasteiger partial charge in [-0.2, -0.15) is 4.68 Å². The first kappa shape index (κ1) is 19.0. The van der Waals surface area contributed by atoms with E-state index in [1.807, 2.05) is 4.57 Å². The Morgan fingerprint density at radius 2 is 1.97 bits per heavy atom. The molecule has 0 saturated carbocycles. The van der Waals surface area contributed by atoms with E-state index in [9.17, 15) is 9.18 Å². The van der Waals surface area contributed by atoms with Crippen LogP contribution in [0.3, 0.4) is 0 Å². The molecule has 0 bridgehead atoms. The molecule has 1 N–H and O–H groups in total. The van der Waals surface area contributed by atoms with E-state index < -0.39 is 5.82 Å². The number of fused-ring (bicyclic) bond motifs is 1. The lowest BCUT2D eigenvalue weighted by Crippen LogP contribution is -2.15. The number of carbonyl (C=O) groups excluding carboxylic acids is 1. The van der Waals surface area contributed by atoms with Crippen LogP contribution < -0.4 is 5.32 Å². The minimum atomic E-state index is -0.411. The van der Waals surface area contributed by atoms with Gasteiger partial charge in [0.25, 0.3) is 5.91 Å². The molecule has 0 saturated heterocycles. The van der Waals surface area contributed by atoms with E-state index >= 15 is 0 Å². The Bertz CT molecular complexity index is 1230. The van der Waals surface area contributed by atoms with E-state index in [0.717, 1.165) is 38.1 Å². The average Bonchev–Trinajstić information content (AvgIpc) is 3.40. The van der Waals surface area contributed by atoms with Crippen LogP contribution in [0.4, 0.5) is 10.1 Å². The van der Waals surface area contributed by atoms with E-state index in [1.165, 1.54) is 23.1 Å². The number of hydrogen-bond acceptors (Lipinski definition) is 6. The smallest absolute Gasteiger partial charge is 0.257 e. The van der Waals surface area contributed by atoms with Gasteiger partial charge in [-0.3, -0.25) is 4.79 Å². The van der Waals surface area contributed by atoms with Crippen LogP contribution >= 0.6 is 0 Å². The van der Waals surface area contributed by atoms with E-state index in [4.69, 9.17) is 0 Å². The van der Waals surface area contributed by atoms with Crippen molar-refractivity contribution in [1.82, 2.24) is 35.0 Å². The van der Waals surface area contributed by atoms with Crippen molar-refractivity contribution >= 4 is 11.6 Å². The fraction of sp³-hybridized carbons (Fsp3) is 0.238. The van der Waals surface area contributed by atoms with Gasteiger partial charge in [-0.15, -0.1) is 15.3 Å². The van der Waals surface area contributed by atoms with Crippen molar-refractivity contribution in [3.63, 3.8) is 0 Å². The van der Waals surface area contributed by atoms with Crippen molar-refractivity contribution in [2.45, 2.75) is 32.2 Å². The number of aromatic nitrogens is 7. The fourth-order valence-corrected chi connectivity index (χ4v) is 3.79. The molecule has 10 heteroatoms. The van der Waals surface area contributed by atoms with Crippen LogP contribution in [-0.2, 0) is 13.0 Å². The highest BCUT2D eigenvalue weighted by Crippen LogP contribution is 2.28. The summed E-state index contributed by atoms with van der Waals surface area (Å²) in [5, 5.41) is 22.4. The lowest BCUT2D eigenvalue weighted by molar-refractivity contribution is 0.102. The summed E-state index contributed by atoms with van der Waals surface area (Å²) in [7, 11) is 0. The molecular weight excluding hydrogens is 399 g/mol. The number of anilines is 1. The molecule has 2 aromatic carbocycles. The van der Waals surface area contributed by atoms with Crippen molar-refractivity contribution in [3.8, 4) is 17.1 Å². The quantitative estimate of drug-likeness (QED) is 0.546. The van der Waals surface area contributed by atoms with Crippen molar-refractivity contribution in [2.75, 3.05) is 5.32 Å². The molecule has 4 aromatic rings. The normalized spacial score (nSPS) is 13.5. The summed E-state index contributed by atoms with van der Waals surface area (Å²) in [4.78, 5) is 13.0. The summed E-state index contributed by atoms with van der Waals surface area (Å²) in [6, 6.07) is 11.4. The predicted molar refractivity (Wildman–Crippen MR) is 110 cm³/mol. The Morgan fingerprint density at radius 1 is 1.06 bits per heavy atom. The summed E-state index contributed by atoms with van der Waals surface area (Å²) in [6.07, 6.45) is 5.42. The standard InChI is InChI=1S/C21H19FN8O/c22-17-10-9-14(12-16(17)20-26-25-19-8-2-1-5-11-29(19)20)24-21(31)15-6-3-4-7-18(15)30-13-23-27-28-30/h3-4,6-7,9-10,12-13H,1-2,5,8,11H2,(H,24,31). The number of para-hydroxylation sites is 1. The van der Waals surface area contributed by atoms with Crippen molar-refractivity contribution in [3.05, 3.63) is 66.0 Å². The van der Waals surface area contributed by atoms with E-state index in [1.54, 1.807) is 30.3 Å². The second-order valence-electron chi connectivity index (χ2n) is 7.32. The largest absolute Gasteiger partial charge is 0.322 e. The molecular formula is C21H19FN8O. The molecule has 9 nitrogen and oxygen atoms in total. The maximum atomic E-state index is 14.7. The third-order valence-corrected chi connectivity index (χ3v) is 5.32. The van der Waals surface area contributed by atoms with Crippen LogP contribution in [0.1, 0.15) is 35.4 Å². The minimum Gasteiger partial charge on any atom is -0.322 e. The maximum Gasteiger partial charge on any atom is 0.257 e. The minimum absolute atomic E-state index is 0.312. The molecule has 0 spiro atoms. The van der Waals surface area contributed by atoms with Gasteiger partial charge in [0.05, 0.1) is 16.8 Å². The molecule has 0 atom stereocenters. The first-order valence-electron chi connectivity index (χ1n) is 10.1. The van der Waals surface area contributed by atoms with E-state index in [-0.39, 0.29) is 5.91 Å². The third kappa shape index (κ3) is 3.67. The Balaban J connectivity index is 1.46. The zero-order valence-corrected chi connectivity index (χ0v) is 16.6. The number of amides is 1. The average molecular weight is 418 g/mol. The van der Waals surface area contributed by atoms with E-state index in [0.29, 0.717) is 28.3 Å². The predicted octanol–water partition coefficient (Wildman–Crippen LogP) is 3.04. The first-order valence-corrected chi connectivity index (χ1v) is 10.1. The molecule has 1 aliphatic heterocycles. The number of hydrogen-bond donors (Lipinski definition) is 1. The molecule has 0 fully saturated rings. The van der Waals surface area contributed by atoms with Gasteiger partial charge in [-0.25, -0.2) is 4.39 Å². The monoisotopic (exact) mass is 418 g/mol. The molecule has 3 heterocycles. The summed E-state index contributed by atoms with van der Waals surface area (Å²) in [5.41, 5.74) is 1.69. The lowest BCUT2D eigenvalue weighted by atomic mass is 10.1. The van der Waals surface area contributed by atoms with Crippen molar-refractivity contribution in [1.29, 1.82) is 0 Å². The Morgan fingerprint density at radius 3 is 2.84 bits per heavy atom. The van der Waals surface area contributed by atoms with Crippen LogP contribution in [-0.4, -0.2) is 40.9 Å². The number of aryl methyl sites for hydroxylation is 1. The summed E-state index contributed by atoms with van der Waals surface area (Å²) in [6.45, 7) is 0.757. The number of tetrazole rings is 1. The van der Waals surface area contributed by atoms with Crippen LogP contribution in [0.2, 0.25) is 0 Å². The molecule has 1 amide bonds. The van der Waals surface area contributed by atoms with E-state index in [2.05, 4.69) is 31.0 Å². The lowest BCUT2D eigenvalue weighted by Gasteiger charge is -2.12. The topological polar surface area (TPSA) is 103 Å². The Labute approximate surface area is 176 Å². The highest BCUT2D eigenvalue weighted by molar-refractivity contribution is 6.06. The van der Waals surface area contributed by atoms with Crippen molar-refractivity contribution < 1.29 is 9.18 Å². The Kier molecular flexibility index (Phi) is 4.95. The number of carbonyl (C=O) groups is 1. The van der Waals surface area contributed by atoms with Gasteiger partial charge in [-0.05, 0) is 53.6 Å². The van der Waals surface area contributed by atoms with Gasteiger partial charge in [0.2, 0.25) is 0 Å². The third-order valence-electron chi connectivity index (χ3n) is 5.32. The highest BCUT2D eigenvalue weighted by Gasteiger charge is 2.20. The molecule has 5 rings (SSSR count). The molecule has 2 aromatic heterocycles. The van der Waals surface area contributed by atoms with Crippen molar-refractivity contribution in [2.24, 2.45) is 0 Å². The number of nitrogens with one attached hydrogen (secondary N) is 1. The van der Waals surface area contributed by atoms with Gasteiger partial charge in [-0.1, -0.05) is 18.6 Å². The molecule has 0 aliphatic carbocycles. The molecule has 1 aliphatic rings. The maximum absolute atomic E-state index is 14.7. The zero-order valence-electron chi connectivity index (χ0n) is 16.6. The molecule has 0 unspecified atom stereocenters. The summed E-state index contributed by atoms with van der Waals surface area (Å²) in [5.74, 6) is 0.589. The van der Waals surface area contributed by atoms with Gasteiger partial charge in [0.1, 0.15) is 18.0 Å².